The lowest BCUT2D eigenvalue weighted by atomic mass is 10.3. The molecule has 0 amide bonds. The van der Waals surface area contributed by atoms with E-state index in [-0.39, 0.29) is 5.69 Å². The Morgan fingerprint density at radius 1 is 1.28 bits per heavy atom. The molecule has 0 saturated carbocycles. The second-order valence-electron chi connectivity index (χ2n) is 3.80. The molecule has 0 aliphatic heterocycles. The summed E-state index contributed by atoms with van der Waals surface area (Å²) in [5.41, 5.74) is 1.49. The minimum atomic E-state index is -0.982. The third-order valence-corrected chi connectivity index (χ3v) is 2.68. The van der Waals surface area contributed by atoms with Crippen LogP contribution in [0.4, 0.5) is 0 Å². The third-order valence-electron chi connectivity index (χ3n) is 2.68. The van der Waals surface area contributed by atoms with Gasteiger partial charge in [0.2, 0.25) is 5.78 Å². The van der Waals surface area contributed by atoms with Crippen LogP contribution in [-0.2, 0) is 7.05 Å². The SMILES string of the molecule is Cn1c(C(=O)O)cn2cc(-c3cnccn3)nc12. The number of aryl methyl sites for hydroxylation is 1. The molecule has 1 N–H and O–H groups in total. The molecule has 90 valence electrons. The molecule has 3 aromatic heterocycles. The van der Waals surface area contributed by atoms with Crippen molar-refractivity contribution in [3.8, 4) is 11.4 Å². The molecule has 0 spiro atoms. The standard InChI is InChI=1S/C11H9N5O2/c1-15-9(10(17)18)6-16-5-8(14-11(15)16)7-4-12-2-3-13-7/h2-6H,1H3,(H,17,18). The Hall–Kier alpha value is -2.70. The van der Waals surface area contributed by atoms with Crippen LogP contribution >= 0.6 is 0 Å². The molecular weight excluding hydrogens is 234 g/mol. The van der Waals surface area contributed by atoms with Crippen LogP contribution in [0.5, 0.6) is 0 Å². The number of hydrogen-bond donors (Lipinski definition) is 1. The van der Waals surface area contributed by atoms with Crippen molar-refractivity contribution in [1.29, 1.82) is 0 Å². The first-order valence-electron chi connectivity index (χ1n) is 5.21. The van der Waals surface area contributed by atoms with Crippen LogP contribution < -0.4 is 0 Å². The summed E-state index contributed by atoms with van der Waals surface area (Å²) in [7, 11) is 1.66. The van der Waals surface area contributed by atoms with Crippen molar-refractivity contribution in [2.24, 2.45) is 7.05 Å². The molecule has 0 bridgehead atoms. The van der Waals surface area contributed by atoms with Crippen LogP contribution in [0.2, 0.25) is 0 Å². The summed E-state index contributed by atoms with van der Waals surface area (Å²) in [6, 6.07) is 0. The molecule has 0 fully saturated rings. The lowest BCUT2D eigenvalue weighted by molar-refractivity contribution is 0.0687. The van der Waals surface area contributed by atoms with Crippen molar-refractivity contribution >= 4 is 11.7 Å². The number of aromatic carboxylic acids is 1. The number of carboxylic acid groups (broad SMARTS) is 1. The van der Waals surface area contributed by atoms with Gasteiger partial charge in [-0.2, -0.15) is 0 Å². The fraction of sp³-hybridized carbons (Fsp3) is 0.0909. The van der Waals surface area contributed by atoms with E-state index in [1.54, 1.807) is 36.2 Å². The highest BCUT2D eigenvalue weighted by Gasteiger charge is 2.15. The van der Waals surface area contributed by atoms with Gasteiger partial charge in [-0.25, -0.2) is 9.78 Å². The van der Waals surface area contributed by atoms with Crippen LogP contribution in [0, 0.1) is 0 Å². The molecule has 7 nitrogen and oxygen atoms in total. The van der Waals surface area contributed by atoms with Gasteiger partial charge in [0, 0.05) is 31.8 Å². The van der Waals surface area contributed by atoms with Gasteiger partial charge in [-0.1, -0.05) is 0 Å². The predicted octanol–water partition coefficient (Wildman–Crippen LogP) is 0.828. The first-order chi connectivity index (χ1) is 8.66. The largest absolute Gasteiger partial charge is 0.477 e. The molecule has 3 rings (SSSR count). The number of imidazole rings is 2. The van der Waals surface area contributed by atoms with E-state index in [2.05, 4.69) is 15.0 Å². The summed E-state index contributed by atoms with van der Waals surface area (Å²) in [4.78, 5) is 23.4. The zero-order valence-electron chi connectivity index (χ0n) is 9.48. The smallest absolute Gasteiger partial charge is 0.354 e. The van der Waals surface area contributed by atoms with Gasteiger partial charge in [-0.05, 0) is 0 Å². The van der Waals surface area contributed by atoms with Gasteiger partial charge in [0.15, 0.2) is 0 Å². The maximum atomic E-state index is 11.0. The monoisotopic (exact) mass is 243 g/mol. The Morgan fingerprint density at radius 2 is 2.11 bits per heavy atom. The van der Waals surface area contributed by atoms with Crippen LogP contribution in [0.15, 0.2) is 31.0 Å². The first-order valence-corrected chi connectivity index (χ1v) is 5.21. The molecular formula is C11H9N5O2. The quantitative estimate of drug-likeness (QED) is 0.720. The lowest BCUT2D eigenvalue weighted by Gasteiger charge is -1.95. The minimum absolute atomic E-state index is 0.184. The Morgan fingerprint density at radius 3 is 2.72 bits per heavy atom. The van der Waals surface area contributed by atoms with Crippen LogP contribution in [0.25, 0.3) is 17.2 Å². The van der Waals surface area contributed by atoms with E-state index in [0.717, 1.165) is 0 Å². The predicted molar refractivity (Wildman–Crippen MR) is 62.1 cm³/mol. The second-order valence-corrected chi connectivity index (χ2v) is 3.80. The van der Waals surface area contributed by atoms with E-state index in [1.807, 2.05) is 0 Å². The minimum Gasteiger partial charge on any atom is -0.477 e. The average Bonchev–Trinajstić information content (AvgIpc) is 2.91. The summed E-state index contributed by atoms with van der Waals surface area (Å²) in [6.07, 6.45) is 8.03. The molecule has 0 aliphatic carbocycles. The van der Waals surface area contributed by atoms with Crippen molar-refractivity contribution in [2.75, 3.05) is 0 Å². The second kappa shape index (κ2) is 3.66. The van der Waals surface area contributed by atoms with E-state index in [4.69, 9.17) is 5.11 Å². The molecule has 0 aromatic carbocycles. The average molecular weight is 243 g/mol. The van der Waals surface area contributed by atoms with Crippen LogP contribution in [-0.4, -0.2) is 35.0 Å². The third kappa shape index (κ3) is 1.45. The molecule has 18 heavy (non-hydrogen) atoms. The molecule has 0 atom stereocenters. The fourth-order valence-electron chi connectivity index (χ4n) is 1.81. The van der Waals surface area contributed by atoms with Gasteiger partial charge in [-0.3, -0.25) is 14.4 Å². The highest BCUT2D eigenvalue weighted by atomic mass is 16.4. The number of carbonyl (C=O) groups is 1. The molecule has 3 aromatic rings. The highest BCUT2D eigenvalue weighted by molar-refractivity contribution is 5.86. The Bertz CT molecular complexity index is 729. The van der Waals surface area contributed by atoms with E-state index >= 15 is 0 Å². The summed E-state index contributed by atoms with van der Waals surface area (Å²) >= 11 is 0. The number of fused-ring (bicyclic) bond motifs is 1. The van der Waals surface area contributed by atoms with Gasteiger partial charge >= 0.3 is 5.97 Å². The van der Waals surface area contributed by atoms with Gasteiger partial charge in [-0.15, -0.1) is 0 Å². The number of nitrogens with zero attached hydrogens (tertiary/aromatic N) is 5. The fourth-order valence-corrected chi connectivity index (χ4v) is 1.81. The molecule has 0 unspecified atom stereocenters. The Balaban J connectivity index is 2.17. The summed E-state index contributed by atoms with van der Waals surface area (Å²) < 4.78 is 3.18. The van der Waals surface area contributed by atoms with Crippen molar-refractivity contribution in [1.82, 2.24) is 23.9 Å². The van der Waals surface area contributed by atoms with Crippen molar-refractivity contribution < 1.29 is 9.90 Å². The summed E-state index contributed by atoms with van der Waals surface area (Å²) in [6.45, 7) is 0. The zero-order valence-corrected chi connectivity index (χ0v) is 9.48. The summed E-state index contributed by atoms with van der Waals surface area (Å²) in [5, 5.41) is 8.99. The molecule has 3 heterocycles. The van der Waals surface area contributed by atoms with Crippen LogP contribution in [0.3, 0.4) is 0 Å². The van der Waals surface area contributed by atoms with Crippen molar-refractivity contribution in [3.63, 3.8) is 0 Å². The molecule has 0 radical (unpaired) electrons. The topological polar surface area (TPSA) is 85.3 Å². The first kappa shape index (κ1) is 10.5. The summed E-state index contributed by atoms with van der Waals surface area (Å²) in [5.74, 6) is -0.433. The van der Waals surface area contributed by atoms with E-state index in [9.17, 15) is 4.79 Å². The van der Waals surface area contributed by atoms with Gasteiger partial charge < -0.3 is 9.67 Å². The molecule has 7 heteroatoms. The van der Waals surface area contributed by atoms with E-state index in [0.29, 0.717) is 17.2 Å². The van der Waals surface area contributed by atoms with Crippen molar-refractivity contribution in [3.05, 3.63) is 36.7 Å². The number of carboxylic acids is 1. The van der Waals surface area contributed by atoms with Gasteiger partial charge in [0.1, 0.15) is 17.1 Å². The number of rotatable bonds is 2. The zero-order chi connectivity index (χ0) is 12.7. The van der Waals surface area contributed by atoms with Crippen molar-refractivity contribution in [2.45, 2.75) is 0 Å². The van der Waals surface area contributed by atoms with E-state index in [1.165, 1.54) is 10.8 Å². The molecule has 0 aliphatic rings. The van der Waals surface area contributed by atoms with E-state index < -0.39 is 5.97 Å². The maximum Gasteiger partial charge on any atom is 0.354 e. The van der Waals surface area contributed by atoms with Gasteiger partial charge in [0.25, 0.3) is 0 Å². The molecule has 0 saturated heterocycles. The van der Waals surface area contributed by atoms with Gasteiger partial charge in [0.05, 0.1) is 6.20 Å². The Labute approximate surface area is 101 Å². The van der Waals surface area contributed by atoms with Crippen LogP contribution in [0.1, 0.15) is 10.5 Å². The normalized spacial score (nSPS) is 10.9. The number of hydrogen-bond acceptors (Lipinski definition) is 4. The number of aromatic nitrogens is 5. The maximum absolute atomic E-state index is 11.0. The lowest BCUT2D eigenvalue weighted by Crippen LogP contribution is -2.04. The highest BCUT2D eigenvalue weighted by Crippen LogP contribution is 2.17. The Kier molecular flexibility index (Phi) is 2.12.